The molecule has 0 spiro atoms. The van der Waals surface area contributed by atoms with E-state index in [1.54, 1.807) is 37.5 Å². The van der Waals surface area contributed by atoms with E-state index in [4.69, 9.17) is 5.73 Å². The number of hydrogen-bond acceptors (Lipinski definition) is 4. The van der Waals surface area contributed by atoms with Gasteiger partial charge in [-0.05, 0) is 62.2 Å². The summed E-state index contributed by atoms with van der Waals surface area (Å²) in [7, 11) is 0. The molecular formula is C28H24F3N5O. The number of rotatable bonds is 3. The van der Waals surface area contributed by atoms with Gasteiger partial charge in [-0.15, -0.1) is 0 Å². The lowest BCUT2D eigenvalue weighted by Gasteiger charge is -2.14. The van der Waals surface area contributed by atoms with Crippen LogP contribution in [0.4, 0.5) is 18.9 Å². The van der Waals surface area contributed by atoms with Crippen LogP contribution < -0.4 is 11.1 Å². The molecule has 2 heterocycles. The van der Waals surface area contributed by atoms with Gasteiger partial charge in [0.05, 0.1) is 23.4 Å². The summed E-state index contributed by atoms with van der Waals surface area (Å²) in [5.41, 5.74) is 8.19. The smallest absolute Gasteiger partial charge is 0.387 e. The fourth-order valence-electron chi connectivity index (χ4n) is 3.57. The number of carbonyl (C=O) groups is 1. The summed E-state index contributed by atoms with van der Waals surface area (Å²) >= 11 is 0. The summed E-state index contributed by atoms with van der Waals surface area (Å²) in [6.45, 7) is 3.59. The van der Waals surface area contributed by atoms with Crippen molar-refractivity contribution in [2.24, 2.45) is 10.7 Å². The molecule has 9 heteroatoms. The third-order valence-corrected chi connectivity index (χ3v) is 5.59. The van der Waals surface area contributed by atoms with Crippen LogP contribution in [0, 0.1) is 25.7 Å². The van der Waals surface area contributed by atoms with Crippen molar-refractivity contribution >= 4 is 17.4 Å². The van der Waals surface area contributed by atoms with Crippen molar-refractivity contribution in [3.8, 4) is 17.5 Å². The summed E-state index contributed by atoms with van der Waals surface area (Å²) in [4.78, 5) is 21.2. The molecule has 0 radical (unpaired) electrons. The minimum Gasteiger partial charge on any atom is -0.387 e. The quantitative estimate of drug-likeness (QED) is 0.450. The zero-order chi connectivity index (χ0) is 26.6. The lowest BCUT2D eigenvalue weighted by molar-refractivity contribution is -0.137. The first-order chi connectivity index (χ1) is 17.6. The molecule has 0 saturated heterocycles. The fraction of sp³-hybridized carbons (Fsp3) is 0.179. The van der Waals surface area contributed by atoms with Gasteiger partial charge in [-0.25, -0.2) is 9.98 Å². The molecule has 0 atom stereocenters. The molecule has 3 aromatic rings. The van der Waals surface area contributed by atoms with E-state index in [0.29, 0.717) is 29.1 Å². The lowest BCUT2D eigenvalue weighted by atomic mass is 10.0. The Balaban J connectivity index is 1.62. The van der Waals surface area contributed by atoms with Gasteiger partial charge in [0.2, 0.25) is 0 Å². The van der Waals surface area contributed by atoms with Crippen LogP contribution in [0.1, 0.15) is 45.6 Å². The average molecular weight is 504 g/mol. The first-order valence-electron chi connectivity index (χ1n) is 11.4. The van der Waals surface area contributed by atoms with Gasteiger partial charge in [0.25, 0.3) is 5.91 Å². The largest absolute Gasteiger partial charge is 0.416 e. The highest BCUT2D eigenvalue weighted by Crippen LogP contribution is 2.33. The molecule has 1 aliphatic rings. The molecule has 6 nitrogen and oxygen atoms in total. The second-order valence-corrected chi connectivity index (χ2v) is 8.57. The maximum atomic E-state index is 13.6. The van der Waals surface area contributed by atoms with Gasteiger partial charge >= 0.3 is 6.18 Å². The molecule has 1 aromatic heterocycles. The minimum atomic E-state index is -4.59. The fourth-order valence-corrected chi connectivity index (χ4v) is 3.57. The molecule has 0 unspecified atom stereocenters. The van der Waals surface area contributed by atoms with Gasteiger partial charge < -0.3 is 15.6 Å². The van der Waals surface area contributed by atoms with E-state index in [0.717, 1.165) is 24.1 Å². The minimum absolute atomic E-state index is 0.00894. The highest BCUT2D eigenvalue weighted by atomic mass is 19.4. The Hall–Kier alpha value is -4.58. The van der Waals surface area contributed by atoms with Crippen LogP contribution in [0.2, 0.25) is 0 Å². The Morgan fingerprint density at radius 2 is 1.95 bits per heavy atom. The van der Waals surface area contributed by atoms with Gasteiger partial charge in [-0.1, -0.05) is 24.0 Å². The van der Waals surface area contributed by atoms with E-state index in [1.165, 1.54) is 17.0 Å². The van der Waals surface area contributed by atoms with Gasteiger partial charge in [-0.3, -0.25) is 4.79 Å². The molecule has 0 aliphatic carbocycles. The number of halogens is 3. The lowest BCUT2D eigenvalue weighted by Crippen LogP contribution is -2.14. The van der Waals surface area contributed by atoms with Crippen LogP contribution in [0.15, 0.2) is 77.8 Å². The Bertz CT molecular complexity index is 1500. The third kappa shape index (κ3) is 6.55. The molecule has 2 aromatic carbocycles. The predicted molar refractivity (Wildman–Crippen MR) is 137 cm³/mol. The monoisotopic (exact) mass is 503 g/mol. The van der Waals surface area contributed by atoms with Gasteiger partial charge in [0.15, 0.2) is 0 Å². The van der Waals surface area contributed by atoms with Gasteiger partial charge in [0.1, 0.15) is 0 Å². The van der Waals surface area contributed by atoms with Crippen molar-refractivity contribution in [1.29, 1.82) is 0 Å². The predicted octanol–water partition coefficient (Wildman–Crippen LogP) is 5.70. The number of benzene rings is 2. The second-order valence-electron chi connectivity index (χ2n) is 8.57. The second kappa shape index (κ2) is 10.6. The van der Waals surface area contributed by atoms with Crippen LogP contribution in [-0.4, -0.2) is 21.3 Å². The molecule has 1 aliphatic heterocycles. The molecule has 1 amide bonds. The third-order valence-electron chi connectivity index (χ3n) is 5.59. The Labute approximate surface area is 212 Å². The van der Waals surface area contributed by atoms with Crippen LogP contribution in [0.5, 0.6) is 0 Å². The van der Waals surface area contributed by atoms with Crippen molar-refractivity contribution in [2.45, 2.75) is 32.9 Å². The topological polar surface area (TPSA) is 85.3 Å². The number of allylic oxidation sites excluding steroid dienone is 3. The SMILES string of the molecule is Cc1cn(-c2cc(NC(=O)c3ccc(C)c(C#CC4=CN=C(N)CCC=C4)c3)cc(C(F)(F)F)c2)cn1. The van der Waals surface area contributed by atoms with Crippen molar-refractivity contribution in [3.05, 3.63) is 101 Å². The number of nitrogens with one attached hydrogen (secondary N) is 1. The molecular weight excluding hydrogens is 479 g/mol. The number of aliphatic imine (C=N–C) groups is 1. The summed E-state index contributed by atoms with van der Waals surface area (Å²) in [5, 5.41) is 2.58. The molecule has 0 bridgehead atoms. The molecule has 0 fully saturated rings. The van der Waals surface area contributed by atoms with Crippen LogP contribution in [0.25, 0.3) is 5.69 Å². The summed E-state index contributed by atoms with van der Waals surface area (Å²) in [5.74, 6) is 6.05. The highest BCUT2D eigenvalue weighted by molar-refractivity contribution is 6.04. The van der Waals surface area contributed by atoms with E-state index in [1.807, 2.05) is 19.1 Å². The molecule has 0 saturated carbocycles. The van der Waals surface area contributed by atoms with Crippen molar-refractivity contribution in [3.63, 3.8) is 0 Å². The number of carbonyl (C=O) groups excluding carboxylic acids is 1. The zero-order valence-electron chi connectivity index (χ0n) is 20.2. The maximum absolute atomic E-state index is 13.6. The number of aryl methyl sites for hydroxylation is 2. The number of nitrogens with two attached hydrogens (primary N) is 1. The van der Waals surface area contributed by atoms with E-state index < -0.39 is 17.6 Å². The highest BCUT2D eigenvalue weighted by Gasteiger charge is 2.31. The first kappa shape index (κ1) is 25.5. The Morgan fingerprint density at radius 1 is 1.14 bits per heavy atom. The Kier molecular flexibility index (Phi) is 7.30. The van der Waals surface area contributed by atoms with Crippen molar-refractivity contribution in [1.82, 2.24) is 9.55 Å². The zero-order valence-corrected chi connectivity index (χ0v) is 20.2. The summed E-state index contributed by atoms with van der Waals surface area (Å²) < 4.78 is 42.1. The normalized spacial score (nSPS) is 13.5. The number of nitrogens with zero attached hydrogens (tertiary/aromatic N) is 3. The van der Waals surface area contributed by atoms with E-state index >= 15 is 0 Å². The van der Waals surface area contributed by atoms with Gasteiger partial charge in [-0.2, -0.15) is 13.2 Å². The molecule has 37 heavy (non-hydrogen) atoms. The van der Waals surface area contributed by atoms with E-state index in [-0.39, 0.29) is 16.9 Å². The Morgan fingerprint density at radius 3 is 2.68 bits per heavy atom. The van der Waals surface area contributed by atoms with E-state index in [9.17, 15) is 18.0 Å². The maximum Gasteiger partial charge on any atom is 0.416 e. The summed E-state index contributed by atoms with van der Waals surface area (Å²) in [6.07, 6.45) is 5.30. The number of anilines is 1. The average Bonchev–Trinajstić information content (AvgIpc) is 3.27. The molecule has 3 N–H and O–H groups in total. The number of amides is 1. The number of alkyl halides is 3. The number of imidazole rings is 1. The molecule has 188 valence electrons. The van der Waals surface area contributed by atoms with Crippen molar-refractivity contribution < 1.29 is 18.0 Å². The first-order valence-corrected chi connectivity index (χ1v) is 11.4. The number of aromatic nitrogens is 2. The van der Waals surface area contributed by atoms with E-state index in [2.05, 4.69) is 27.1 Å². The van der Waals surface area contributed by atoms with Crippen LogP contribution >= 0.6 is 0 Å². The van der Waals surface area contributed by atoms with Crippen LogP contribution in [-0.2, 0) is 6.18 Å². The van der Waals surface area contributed by atoms with Gasteiger partial charge in [0, 0.05) is 46.9 Å². The summed E-state index contributed by atoms with van der Waals surface area (Å²) in [6, 6.07) is 8.32. The van der Waals surface area contributed by atoms with Crippen molar-refractivity contribution in [2.75, 3.05) is 5.32 Å². The standard InChI is InChI=1S/C28H24F3N5O/c1-18-7-9-22(11-21(18)10-8-20-5-3-4-6-26(32)33-15-20)27(37)35-24-12-23(28(29,30)31)13-25(14-24)36-16-19(2)34-17-36/h3,5,7,9,11-17H,4,6H2,1-2H3,(H2,32,33)(H,35,37). The molecule has 4 rings (SSSR count). The number of hydrogen-bond donors (Lipinski definition) is 2. The van der Waals surface area contributed by atoms with Crippen LogP contribution in [0.3, 0.4) is 0 Å². The number of amidine groups is 1.